The molecule has 1 aliphatic rings. The highest BCUT2D eigenvalue weighted by molar-refractivity contribution is 5.97. The molecule has 0 spiro atoms. The molecule has 0 aromatic rings. The lowest BCUT2D eigenvalue weighted by atomic mass is 9.98. The van der Waals surface area contributed by atoms with Crippen LogP contribution in [-0.4, -0.2) is 35.0 Å². The molecule has 1 N–H and O–H groups in total. The first-order valence-corrected chi connectivity index (χ1v) is 4.59. The van der Waals surface area contributed by atoms with Crippen LogP contribution in [0.4, 0.5) is 0 Å². The van der Waals surface area contributed by atoms with Crippen molar-refractivity contribution in [3.63, 3.8) is 0 Å². The first kappa shape index (κ1) is 10.2. The number of rotatable bonds is 3. The summed E-state index contributed by atoms with van der Waals surface area (Å²) in [6, 6.07) is 0. The number of carbonyl (C=O) groups excluding carboxylic acids is 2. The molecule has 1 rings (SSSR count). The van der Waals surface area contributed by atoms with E-state index in [1.807, 2.05) is 6.92 Å². The van der Waals surface area contributed by atoms with Crippen molar-refractivity contribution in [2.24, 2.45) is 5.92 Å². The quantitative estimate of drug-likeness (QED) is 0.637. The Morgan fingerprint density at radius 3 is 2.38 bits per heavy atom. The highest BCUT2D eigenvalue weighted by Crippen LogP contribution is 2.18. The molecule has 1 saturated heterocycles. The van der Waals surface area contributed by atoms with Crippen LogP contribution in [0, 0.1) is 5.92 Å². The zero-order valence-corrected chi connectivity index (χ0v) is 7.82. The lowest BCUT2D eigenvalue weighted by molar-refractivity contribution is -0.149. The SMILES string of the molecule is CC1CC(=O)N(CCCO)C(=O)C1. The number of carbonyl (C=O) groups is 2. The molecule has 2 amide bonds. The number of imide groups is 1. The standard InChI is InChI=1S/C9H15NO3/c1-7-5-8(12)10(3-2-4-11)9(13)6-7/h7,11H,2-6H2,1H3. The molecule has 1 aliphatic heterocycles. The third kappa shape index (κ3) is 2.52. The summed E-state index contributed by atoms with van der Waals surface area (Å²) in [5, 5.41) is 8.57. The number of hydrogen-bond donors (Lipinski definition) is 1. The molecule has 0 bridgehead atoms. The molecule has 0 atom stereocenters. The maximum absolute atomic E-state index is 11.3. The van der Waals surface area contributed by atoms with E-state index < -0.39 is 0 Å². The van der Waals surface area contributed by atoms with Gasteiger partial charge in [-0.25, -0.2) is 0 Å². The molecule has 13 heavy (non-hydrogen) atoms. The van der Waals surface area contributed by atoms with Gasteiger partial charge in [-0.05, 0) is 12.3 Å². The van der Waals surface area contributed by atoms with Crippen LogP contribution in [0.3, 0.4) is 0 Å². The van der Waals surface area contributed by atoms with Gasteiger partial charge in [0.2, 0.25) is 11.8 Å². The molecule has 1 fully saturated rings. The largest absolute Gasteiger partial charge is 0.396 e. The smallest absolute Gasteiger partial charge is 0.229 e. The number of piperidine rings is 1. The van der Waals surface area contributed by atoms with Crippen molar-refractivity contribution in [3.8, 4) is 0 Å². The Hall–Kier alpha value is -0.900. The van der Waals surface area contributed by atoms with Crippen LogP contribution in [0.2, 0.25) is 0 Å². The fraction of sp³-hybridized carbons (Fsp3) is 0.778. The zero-order valence-electron chi connectivity index (χ0n) is 7.82. The van der Waals surface area contributed by atoms with Crippen molar-refractivity contribution in [2.45, 2.75) is 26.2 Å². The van der Waals surface area contributed by atoms with Crippen LogP contribution in [0.15, 0.2) is 0 Å². The Kier molecular flexibility index (Phi) is 3.42. The summed E-state index contributed by atoms with van der Waals surface area (Å²) >= 11 is 0. The van der Waals surface area contributed by atoms with Gasteiger partial charge in [0.1, 0.15) is 0 Å². The Balaban J connectivity index is 2.52. The predicted octanol–water partition coefficient (Wildman–Crippen LogP) is 0.154. The third-order valence-corrected chi connectivity index (χ3v) is 2.19. The van der Waals surface area contributed by atoms with Gasteiger partial charge in [0.05, 0.1) is 0 Å². The summed E-state index contributed by atoms with van der Waals surface area (Å²) in [6.07, 6.45) is 1.39. The van der Waals surface area contributed by atoms with E-state index in [4.69, 9.17) is 5.11 Å². The zero-order chi connectivity index (χ0) is 9.84. The number of likely N-dealkylation sites (tertiary alicyclic amines) is 1. The second-order valence-electron chi connectivity index (χ2n) is 3.53. The van der Waals surface area contributed by atoms with Gasteiger partial charge in [0, 0.05) is 26.0 Å². The molecule has 0 saturated carbocycles. The van der Waals surface area contributed by atoms with Crippen LogP contribution in [0.25, 0.3) is 0 Å². The number of aliphatic hydroxyl groups excluding tert-OH is 1. The van der Waals surface area contributed by atoms with Gasteiger partial charge in [-0.15, -0.1) is 0 Å². The van der Waals surface area contributed by atoms with E-state index in [1.54, 1.807) is 0 Å². The van der Waals surface area contributed by atoms with Gasteiger partial charge in [-0.1, -0.05) is 6.92 Å². The Morgan fingerprint density at radius 2 is 1.92 bits per heavy atom. The summed E-state index contributed by atoms with van der Waals surface area (Å²) in [6.45, 7) is 2.28. The van der Waals surface area contributed by atoms with Crippen molar-refractivity contribution >= 4 is 11.8 Å². The molecule has 4 nitrogen and oxygen atoms in total. The van der Waals surface area contributed by atoms with E-state index in [-0.39, 0.29) is 24.3 Å². The van der Waals surface area contributed by atoms with Crippen molar-refractivity contribution in [2.75, 3.05) is 13.2 Å². The fourth-order valence-corrected chi connectivity index (χ4v) is 1.51. The predicted molar refractivity (Wildman–Crippen MR) is 46.8 cm³/mol. The summed E-state index contributed by atoms with van der Waals surface area (Å²) in [7, 11) is 0. The van der Waals surface area contributed by atoms with Gasteiger partial charge in [0.25, 0.3) is 0 Å². The fourth-order valence-electron chi connectivity index (χ4n) is 1.51. The molecule has 0 aromatic carbocycles. The van der Waals surface area contributed by atoms with E-state index >= 15 is 0 Å². The minimum Gasteiger partial charge on any atom is -0.396 e. The Labute approximate surface area is 77.5 Å². The normalized spacial score (nSPS) is 19.7. The highest BCUT2D eigenvalue weighted by atomic mass is 16.3. The van der Waals surface area contributed by atoms with Crippen LogP contribution in [0.1, 0.15) is 26.2 Å². The van der Waals surface area contributed by atoms with E-state index in [9.17, 15) is 9.59 Å². The molecule has 74 valence electrons. The average molecular weight is 185 g/mol. The van der Waals surface area contributed by atoms with Crippen LogP contribution < -0.4 is 0 Å². The van der Waals surface area contributed by atoms with Gasteiger partial charge < -0.3 is 5.11 Å². The monoisotopic (exact) mass is 185 g/mol. The molecular formula is C9H15NO3. The molecule has 1 heterocycles. The highest BCUT2D eigenvalue weighted by Gasteiger charge is 2.29. The van der Waals surface area contributed by atoms with E-state index in [0.29, 0.717) is 25.8 Å². The number of aliphatic hydroxyl groups is 1. The summed E-state index contributed by atoms with van der Waals surface area (Å²) in [5.74, 6) is -0.0280. The maximum atomic E-state index is 11.3. The topological polar surface area (TPSA) is 57.6 Å². The van der Waals surface area contributed by atoms with Gasteiger partial charge in [0.15, 0.2) is 0 Å². The van der Waals surface area contributed by atoms with Crippen molar-refractivity contribution in [1.29, 1.82) is 0 Å². The molecule has 0 aromatic heterocycles. The molecule has 0 radical (unpaired) electrons. The van der Waals surface area contributed by atoms with E-state index in [1.165, 1.54) is 4.90 Å². The minimum absolute atomic E-state index is 0.0204. The summed E-state index contributed by atoms with van der Waals surface area (Å²) in [4.78, 5) is 23.9. The van der Waals surface area contributed by atoms with Crippen molar-refractivity contribution < 1.29 is 14.7 Å². The van der Waals surface area contributed by atoms with Gasteiger partial charge >= 0.3 is 0 Å². The molecule has 4 heteroatoms. The van der Waals surface area contributed by atoms with Gasteiger partial charge in [-0.2, -0.15) is 0 Å². The number of amides is 2. The summed E-state index contributed by atoms with van der Waals surface area (Å²) in [5.41, 5.74) is 0. The molecular weight excluding hydrogens is 170 g/mol. The first-order valence-electron chi connectivity index (χ1n) is 4.59. The third-order valence-electron chi connectivity index (χ3n) is 2.19. The average Bonchev–Trinajstić information content (AvgIpc) is 2.02. The molecule has 0 aliphatic carbocycles. The second-order valence-corrected chi connectivity index (χ2v) is 3.53. The minimum atomic E-state index is -0.0998. The summed E-state index contributed by atoms with van der Waals surface area (Å²) < 4.78 is 0. The first-order chi connectivity index (χ1) is 6.15. The van der Waals surface area contributed by atoms with Crippen LogP contribution >= 0.6 is 0 Å². The second kappa shape index (κ2) is 4.37. The Morgan fingerprint density at radius 1 is 1.38 bits per heavy atom. The number of nitrogens with zero attached hydrogens (tertiary/aromatic N) is 1. The Bertz CT molecular complexity index is 197. The van der Waals surface area contributed by atoms with Crippen molar-refractivity contribution in [3.05, 3.63) is 0 Å². The number of hydrogen-bond acceptors (Lipinski definition) is 3. The van der Waals surface area contributed by atoms with E-state index in [2.05, 4.69) is 0 Å². The van der Waals surface area contributed by atoms with Gasteiger partial charge in [-0.3, -0.25) is 14.5 Å². The van der Waals surface area contributed by atoms with E-state index in [0.717, 1.165) is 0 Å². The van der Waals surface area contributed by atoms with Crippen LogP contribution in [-0.2, 0) is 9.59 Å². The lowest BCUT2D eigenvalue weighted by Gasteiger charge is -2.27. The van der Waals surface area contributed by atoms with Crippen molar-refractivity contribution in [1.82, 2.24) is 4.90 Å². The lowest BCUT2D eigenvalue weighted by Crippen LogP contribution is -2.43. The maximum Gasteiger partial charge on any atom is 0.229 e. The molecule has 0 unspecified atom stereocenters. The van der Waals surface area contributed by atoms with Crippen LogP contribution in [0.5, 0.6) is 0 Å².